The van der Waals surface area contributed by atoms with Gasteiger partial charge in [0.15, 0.2) is 5.82 Å². The van der Waals surface area contributed by atoms with E-state index in [1.54, 1.807) is 28.7 Å². The number of amides is 1. The van der Waals surface area contributed by atoms with Gasteiger partial charge in [0, 0.05) is 24.4 Å². The molecule has 0 aliphatic heterocycles. The zero-order valence-corrected chi connectivity index (χ0v) is 15.5. The second-order valence-electron chi connectivity index (χ2n) is 5.62. The number of rotatable bonds is 6. The number of thiophene rings is 1. The van der Waals surface area contributed by atoms with E-state index in [0.717, 1.165) is 26.9 Å². The van der Waals surface area contributed by atoms with Crippen LogP contribution in [-0.2, 0) is 11.2 Å². The van der Waals surface area contributed by atoms with Crippen LogP contribution in [0.3, 0.4) is 0 Å². The predicted molar refractivity (Wildman–Crippen MR) is 106 cm³/mol. The molecule has 3 heterocycles. The molecule has 0 bridgehead atoms. The number of benzene rings is 1. The highest BCUT2D eigenvalue weighted by molar-refractivity contribution is 7.15. The van der Waals surface area contributed by atoms with E-state index in [0.29, 0.717) is 13.0 Å². The molecule has 1 N–H and O–H groups in total. The first-order valence-corrected chi connectivity index (χ1v) is 9.93. The van der Waals surface area contributed by atoms with Crippen LogP contribution in [0.1, 0.15) is 11.3 Å². The maximum absolute atomic E-state index is 11.9. The SMILES string of the molecule is O=C(/C=C/c1ccccc1)NCCc1csc2nc(-c3cccs3)nn12. The molecule has 0 aliphatic rings. The van der Waals surface area contributed by atoms with Crippen LogP contribution in [0.25, 0.3) is 21.7 Å². The minimum Gasteiger partial charge on any atom is -0.352 e. The van der Waals surface area contributed by atoms with Crippen LogP contribution in [-0.4, -0.2) is 27.0 Å². The number of hydrogen-bond acceptors (Lipinski definition) is 5. The van der Waals surface area contributed by atoms with Gasteiger partial charge in [-0.1, -0.05) is 36.4 Å². The Balaban J connectivity index is 1.36. The molecule has 0 fully saturated rings. The zero-order valence-electron chi connectivity index (χ0n) is 13.8. The summed E-state index contributed by atoms with van der Waals surface area (Å²) in [5, 5.41) is 11.6. The third-order valence-corrected chi connectivity index (χ3v) is 5.53. The molecule has 0 saturated heterocycles. The molecule has 0 spiro atoms. The summed E-state index contributed by atoms with van der Waals surface area (Å²) in [5.41, 5.74) is 2.05. The average Bonchev–Trinajstić information content (AvgIpc) is 3.38. The summed E-state index contributed by atoms with van der Waals surface area (Å²) >= 11 is 3.19. The van der Waals surface area contributed by atoms with Gasteiger partial charge >= 0.3 is 0 Å². The third kappa shape index (κ3) is 3.74. The van der Waals surface area contributed by atoms with E-state index in [4.69, 9.17) is 0 Å². The molecule has 130 valence electrons. The van der Waals surface area contributed by atoms with E-state index in [1.165, 1.54) is 0 Å². The molecule has 4 rings (SSSR count). The highest BCUT2D eigenvalue weighted by atomic mass is 32.1. The van der Waals surface area contributed by atoms with Gasteiger partial charge in [0.1, 0.15) is 0 Å². The monoisotopic (exact) mass is 380 g/mol. The fourth-order valence-corrected chi connectivity index (χ4v) is 4.02. The highest BCUT2D eigenvalue weighted by Crippen LogP contribution is 2.24. The van der Waals surface area contributed by atoms with Gasteiger partial charge in [-0.2, -0.15) is 4.98 Å². The summed E-state index contributed by atoms with van der Waals surface area (Å²) in [6.45, 7) is 0.554. The molecule has 0 unspecified atom stereocenters. The summed E-state index contributed by atoms with van der Waals surface area (Å²) in [6.07, 6.45) is 4.07. The molecule has 1 aromatic carbocycles. The first-order valence-electron chi connectivity index (χ1n) is 8.17. The van der Waals surface area contributed by atoms with Crippen LogP contribution in [0.2, 0.25) is 0 Å². The fraction of sp³-hybridized carbons (Fsp3) is 0.105. The van der Waals surface area contributed by atoms with Crippen molar-refractivity contribution in [3.63, 3.8) is 0 Å². The van der Waals surface area contributed by atoms with Gasteiger partial charge in [-0.3, -0.25) is 4.79 Å². The lowest BCUT2D eigenvalue weighted by Gasteiger charge is -2.01. The Morgan fingerprint density at radius 2 is 2.04 bits per heavy atom. The van der Waals surface area contributed by atoms with E-state index in [9.17, 15) is 4.79 Å². The molecule has 0 atom stereocenters. The number of carbonyl (C=O) groups is 1. The second kappa shape index (κ2) is 7.63. The second-order valence-corrected chi connectivity index (χ2v) is 7.40. The van der Waals surface area contributed by atoms with E-state index in [-0.39, 0.29) is 5.91 Å². The van der Waals surface area contributed by atoms with Crippen molar-refractivity contribution in [2.45, 2.75) is 6.42 Å². The van der Waals surface area contributed by atoms with E-state index < -0.39 is 0 Å². The first-order chi connectivity index (χ1) is 12.8. The van der Waals surface area contributed by atoms with Gasteiger partial charge in [-0.15, -0.1) is 27.8 Å². The number of carbonyl (C=O) groups excluding carboxylic acids is 1. The van der Waals surface area contributed by atoms with Crippen molar-refractivity contribution in [3.05, 3.63) is 70.6 Å². The Kier molecular flexibility index (Phi) is 4.90. The molecule has 0 saturated carbocycles. The van der Waals surface area contributed by atoms with Crippen LogP contribution in [0, 0.1) is 0 Å². The molecule has 5 nitrogen and oxygen atoms in total. The van der Waals surface area contributed by atoms with Crippen LogP contribution in [0.4, 0.5) is 0 Å². The summed E-state index contributed by atoms with van der Waals surface area (Å²) in [7, 11) is 0. The summed E-state index contributed by atoms with van der Waals surface area (Å²) in [4.78, 5) is 18.4. The molecular formula is C19H16N4OS2. The molecule has 26 heavy (non-hydrogen) atoms. The maximum atomic E-state index is 11.9. The predicted octanol–water partition coefficient (Wildman–Crippen LogP) is 3.89. The van der Waals surface area contributed by atoms with Gasteiger partial charge < -0.3 is 5.32 Å². The largest absolute Gasteiger partial charge is 0.352 e. The van der Waals surface area contributed by atoms with Gasteiger partial charge in [0.2, 0.25) is 10.9 Å². The van der Waals surface area contributed by atoms with E-state index in [2.05, 4.69) is 15.4 Å². The van der Waals surface area contributed by atoms with Crippen molar-refractivity contribution in [2.24, 2.45) is 0 Å². The number of hydrogen-bond donors (Lipinski definition) is 1. The Bertz CT molecular complexity index is 1030. The lowest BCUT2D eigenvalue weighted by Crippen LogP contribution is -2.23. The van der Waals surface area contributed by atoms with Gasteiger partial charge in [0.25, 0.3) is 0 Å². The Hall–Kier alpha value is -2.77. The van der Waals surface area contributed by atoms with Crippen molar-refractivity contribution in [1.82, 2.24) is 19.9 Å². The smallest absolute Gasteiger partial charge is 0.244 e. The number of fused-ring (bicyclic) bond motifs is 1. The Morgan fingerprint density at radius 1 is 1.15 bits per heavy atom. The highest BCUT2D eigenvalue weighted by Gasteiger charge is 2.12. The van der Waals surface area contributed by atoms with Crippen LogP contribution >= 0.6 is 22.7 Å². The number of aromatic nitrogens is 3. The van der Waals surface area contributed by atoms with Gasteiger partial charge in [-0.05, 0) is 23.1 Å². The molecule has 0 radical (unpaired) electrons. The normalized spacial score (nSPS) is 11.4. The lowest BCUT2D eigenvalue weighted by atomic mass is 10.2. The number of nitrogens with zero attached hydrogens (tertiary/aromatic N) is 3. The summed E-state index contributed by atoms with van der Waals surface area (Å²) in [6, 6.07) is 13.8. The minimum absolute atomic E-state index is 0.0989. The topological polar surface area (TPSA) is 59.3 Å². The number of thiazole rings is 1. The standard InChI is InChI=1S/C19H16N4OS2/c24-17(9-8-14-5-2-1-3-6-14)20-11-10-15-13-26-19-21-18(22-23(15)19)16-7-4-12-25-16/h1-9,12-13H,10-11H2,(H,20,24)/b9-8+. The Labute approximate surface area is 158 Å². The quantitative estimate of drug-likeness (QED) is 0.516. The van der Waals surface area contributed by atoms with E-state index in [1.807, 2.05) is 63.8 Å². The van der Waals surface area contributed by atoms with Crippen LogP contribution in [0.15, 0.2) is 59.3 Å². The third-order valence-electron chi connectivity index (χ3n) is 3.80. The molecule has 7 heteroatoms. The molecule has 4 aromatic rings. The summed E-state index contributed by atoms with van der Waals surface area (Å²) in [5.74, 6) is 0.654. The Morgan fingerprint density at radius 3 is 2.85 bits per heavy atom. The summed E-state index contributed by atoms with van der Waals surface area (Å²) < 4.78 is 1.87. The molecular weight excluding hydrogens is 364 g/mol. The van der Waals surface area contributed by atoms with Crippen LogP contribution < -0.4 is 5.32 Å². The average molecular weight is 380 g/mol. The zero-order chi connectivity index (χ0) is 17.8. The maximum Gasteiger partial charge on any atom is 0.244 e. The molecule has 1 amide bonds. The van der Waals surface area contributed by atoms with Crippen molar-refractivity contribution in [3.8, 4) is 10.7 Å². The lowest BCUT2D eigenvalue weighted by molar-refractivity contribution is -0.116. The van der Waals surface area contributed by atoms with Crippen molar-refractivity contribution in [1.29, 1.82) is 0 Å². The number of nitrogens with one attached hydrogen (secondary N) is 1. The first kappa shape index (κ1) is 16.7. The molecule has 3 aromatic heterocycles. The van der Waals surface area contributed by atoms with Crippen molar-refractivity contribution < 1.29 is 4.79 Å². The molecule has 0 aliphatic carbocycles. The van der Waals surface area contributed by atoms with E-state index >= 15 is 0 Å². The van der Waals surface area contributed by atoms with Gasteiger partial charge in [0.05, 0.1) is 10.6 Å². The minimum atomic E-state index is -0.0989. The van der Waals surface area contributed by atoms with Gasteiger partial charge in [-0.25, -0.2) is 4.52 Å². The fourth-order valence-electron chi connectivity index (χ4n) is 2.52. The van der Waals surface area contributed by atoms with Crippen molar-refractivity contribution >= 4 is 39.6 Å². The van der Waals surface area contributed by atoms with Crippen LogP contribution in [0.5, 0.6) is 0 Å². The van der Waals surface area contributed by atoms with Crippen molar-refractivity contribution in [2.75, 3.05) is 6.54 Å².